The van der Waals surface area contributed by atoms with E-state index < -0.39 is 0 Å². The van der Waals surface area contributed by atoms with E-state index in [-0.39, 0.29) is 12.0 Å². The number of pyridine rings is 1. The van der Waals surface area contributed by atoms with Crippen LogP contribution in [0.4, 0.5) is 17.2 Å². The van der Waals surface area contributed by atoms with Gasteiger partial charge in [0.05, 0.1) is 30.0 Å². The Morgan fingerprint density at radius 3 is 2.76 bits per heavy atom. The standard InChI is InChI=1S/C29H32N6O3/c1-3-4-26(36)34-8-6-23(18-34)35-16-22(17-35)20-13-21(15-30)28-24(14-20)32-29-27(19(2)38-28)25(5-7-31-29)33-9-11-37-12-10-33/h5,7,13-14,19,22-23H,6,8-12,16-18H2,1-2H3,(H,31,32)/t19-,23?/m1/s1. The predicted molar refractivity (Wildman–Crippen MR) is 144 cm³/mol. The number of amides is 1. The van der Waals surface area contributed by atoms with Gasteiger partial charge in [0.1, 0.15) is 18.0 Å². The van der Waals surface area contributed by atoms with Crippen molar-refractivity contribution < 1.29 is 14.3 Å². The van der Waals surface area contributed by atoms with Crippen LogP contribution in [0.3, 0.4) is 0 Å². The summed E-state index contributed by atoms with van der Waals surface area (Å²) in [5.41, 5.74) is 4.53. The molecule has 4 aliphatic heterocycles. The van der Waals surface area contributed by atoms with Gasteiger partial charge in [-0.25, -0.2) is 4.98 Å². The fourth-order valence-electron chi connectivity index (χ4n) is 6.03. The van der Waals surface area contributed by atoms with Gasteiger partial charge < -0.3 is 24.6 Å². The number of hydrogen-bond donors (Lipinski definition) is 1. The summed E-state index contributed by atoms with van der Waals surface area (Å²) >= 11 is 0. The number of morpholine rings is 1. The molecule has 2 aromatic rings. The number of aromatic nitrogens is 1. The van der Waals surface area contributed by atoms with Crippen LogP contribution >= 0.6 is 0 Å². The Balaban J connectivity index is 1.22. The van der Waals surface area contributed by atoms with Gasteiger partial charge in [-0.1, -0.05) is 5.92 Å². The fraction of sp³-hybridized carbons (Fsp3) is 0.483. The van der Waals surface area contributed by atoms with Crippen LogP contribution in [0.5, 0.6) is 5.75 Å². The molecule has 1 N–H and O–H groups in total. The summed E-state index contributed by atoms with van der Waals surface area (Å²) in [5, 5.41) is 13.6. The van der Waals surface area contributed by atoms with Crippen LogP contribution < -0.4 is 15.0 Å². The Bertz CT molecular complexity index is 1350. The van der Waals surface area contributed by atoms with Crippen LogP contribution in [0.2, 0.25) is 0 Å². The number of rotatable bonds is 3. The molecule has 5 heterocycles. The lowest BCUT2D eigenvalue weighted by Gasteiger charge is -2.43. The summed E-state index contributed by atoms with van der Waals surface area (Å²) < 4.78 is 12.0. The smallest absolute Gasteiger partial charge is 0.298 e. The molecule has 9 nitrogen and oxygen atoms in total. The van der Waals surface area contributed by atoms with E-state index in [9.17, 15) is 10.1 Å². The first-order valence-electron chi connectivity index (χ1n) is 13.3. The average Bonchev–Trinajstić information content (AvgIpc) is 3.33. The topological polar surface area (TPSA) is 94.0 Å². The largest absolute Gasteiger partial charge is 0.482 e. The summed E-state index contributed by atoms with van der Waals surface area (Å²) in [6, 6.07) is 8.85. The van der Waals surface area contributed by atoms with Crippen molar-refractivity contribution in [2.75, 3.05) is 62.7 Å². The number of nitriles is 1. The van der Waals surface area contributed by atoms with Gasteiger partial charge in [-0.3, -0.25) is 9.69 Å². The highest BCUT2D eigenvalue weighted by Crippen LogP contribution is 2.45. The summed E-state index contributed by atoms with van der Waals surface area (Å²) in [5.74, 6) is 6.94. The molecule has 1 aromatic carbocycles. The summed E-state index contributed by atoms with van der Waals surface area (Å²) in [4.78, 5) is 23.4. The molecule has 3 saturated heterocycles. The van der Waals surface area contributed by atoms with Crippen molar-refractivity contribution in [1.82, 2.24) is 14.8 Å². The first-order chi connectivity index (χ1) is 18.6. The second kappa shape index (κ2) is 10.2. The third-order valence-electron chi connectivity index (χ3n) is 8.08. The van der Waals surface area contributed by atoms with Crippen molar-refractivity contribution in [3.05, 3.63) is 41.1 Å². The maximum atomic E-state index is 12.1. The van der Waals surface area contributed by atoms with E-state index in [1.807, 2.05) is 30.2 Å². The van der Waals surface area contributed by atoms with Gasteiger partial charge in [-0.2, -0.15) is 5.26 Å². The number of benzene rings is 1. The second-order valence-corrected chi connectivity index (χ2v) is 10.4. The van der Waals surface area contributed by atoms with E-state index in [1.165, 1.54) is 0 Å². The third kappa shape index (κ3) is 4.42. The maximum absolute atomic E-state index is 12.1. The molecule has 0 radical (unpaired) electrons. The molecule has 1 unspecified atom stereocenters. The molecule has 1 aromatic heterocycles. The Labute approximate surface area is 223 Å². The molecule has 0 bridgehead atoms. The molecular formula is C29H32N6O3. The number of nitrogens with zero attached hydrogens (tertiary/aromatic N) is 5. The predicted octanol–water partition coefficient (Wildman–Crippen LogP) is 3.01. The number of carbonyl (C=O) groups excluding carboxylic acids is 1. The van der Waals surface area contributed by atoms with E-state index >= 15 is 0 Å². The summed E-state index contributed by atoms with van der Waals surface area (Å²) in [6.07, 6.45) is 2.53. The van der Waals surface area contributed by atoms with Crippen molar-refractivity contribution in [2.24, 2.45) is 0 Å². The van der Waals surface area contributed by atoms with Crippen LogP contribution in [-0.4, -0.2) is 79.2 Å². The van der Waals surface area contributed by atoms with Crippen LogP contribution in [-0.2, 0) is 9.53 Å². The van der Waals surface area contributed by atoms with Gasteiger partial charge in [0, 0.05) is 63.1 Å². The number of fused-ring (bicyclic) bond motifs is 2. The van der Waals surface area contributed by atoms with Crippen LogP contribution in [0, 0.1) is 23.2 Å². The summed E-state index contributed by atoms with van der Waals surface area (Å²) in [6.45, 7) is 10.0. The Morgan fingerprint density at radius 1 is 1.18 bits per heavy atom. The number of ether oxygens (including phenoxy) is 2. The highest BCUT2D eigenvalue weighted by atomic mass is 16.5. The first kappa shape index (κ1) is 24.5. The molecule has 0 saturated carbocycles. The molecule has 6 rings (SSSR count). The van der Waals surface area contributed by atoms with Crippen molar-refractivity contribution in [2.45, 2.75) is 38.3 Å². The third-order valence-corrected chi connectivity index (χ3v) is 8.08. The normalized spacial score (nSPS) is 23.0. The zero-order valence-electron chi connectivity index (χ0n) is 21.9. The molecular weight excluding hydrogens is 480 g/mol. The van der Waals surface area contributed by atoms with Gasteiger partial charge in [0.15, 0.2) is 5.75 Å². The molecule has 3 fully saturated rings. The zero-order chi connectivity index (χ0) is 26.2. The number of likely N-dealkylation sites (tertiary alicyclic amines) is 2. The van der Waals surface area contributed by atoms with E-state index in [4.69, 9.17) is 9.47 Å². The van der Waals surface area contributed by atoms with E-state index in [0.29, 0.717) is 36.5 Å². The molecule has 1 amide bonds. The van der Waals surface area contributed by atoms with Gasteiger partial charge in [0.2, 0.25) is 0 Å². The molecule has 196 valence electrons. The lowest BCUT2D eigenvalue weighted by atomic mass is 9.88. The lowest BCUT2D eigenvalue weighted by molar-refractivity contribution is -0.124. The van der Waals surface area contributed by atoms with Crippen molar-refractivity contribution >= 4 is 23.1 Å². The monoisotopic (exact) mass is 512 g/mol. The van der Waals surface area contributed by atoms with E-state index in [2.05, 4.69) is 44.1 Å². The highest BCUT2D eigenvalue weighted by Gasteiger charge is 2.38. The Kier molecular flexibility index (Phi) is 6.57. The lowest BCUT2D eigenvalue weighted by Crippen LogP contribution is -2.51. The fourth-order valence-corrected chi connectivity index (χ4v) is 6.03. The maximum Gasteiger partial charge on any atom is 0.298 e. The SMILES string of the molecule is CC#CC(=O)N1CCC(N2CC(c3cc(C#N)c4c(c3)Nc3nccc(N5CCOCC5)c3[C@@H](C)O4)C2)C1. The van der Waals surface area contributed by atoms with Gasteiger partial charge >= 0.3 is 0 Å². The average molecular weight is 513 g/mol. The minimum Gasteiger partial charge on any atom is -0.482 e. The van der Waals surface area contributed by atoms with E-state index in [1.54, 1.807) is 6.92 Å². The first-order valence-corrected chi connectivity index (χ1v) is 13.3. The number of carbonyl (C=O) groups is 1. The number of nitrogens with one attached hydrogen (secondary N) is 1. The van der Waals surface area contributed by atoms with Gasteiger partial charge in [-0.05, 0) is 50.0 Å². The molecule has 0 spiro atoms. The molecule has 0 aliphatic carbocycles. The number of hydrogen-bond acceptors (Lipinski definition) is 8. The Morgan fingerprint density at radius 2 is 2.00 bits per heavy atom. The quantitative estimate of drug-likeness (QED) is 0.628. The minimum atomic E-state index is -0.270. The van der Waals surface area contributed by atoms with Crippen LogP contribution in [0.25, 0.3) is 0 Å². The van der Waals surface area contributed by atoms with Gasteiger partial charge in [-0.15, -0.1) is 0 Å². The van der Waals surface area contributed by atoms with Gasteiger partial charge in [0.25, 0.3) is 5.91 Å². The molecule has 2 atom stereocenters. The molecule has 9 heteroatoms. The minimum absolute atomic E-state index is 0.0811. The van der Waals surface area contributed by atoms with Crippen LogP contribution in [0.1, 0.15) is 49.0 Å². The zero-order valence-corrected chi connectivity index (χ0v) is 21.9. The highest BCUT2D eigenvalue weighted by molar-refractivity contribution is 5.93. The van der Waals surface area contributed by atoms with E-state index in [0.717, 1.165) is 74.0 Å². The number of anilines is 3. The van der Waals surface area contributed by atoms with Crippen molar-refractivity contribution in [3.63, 3.8) is 0 Å². The van der Waals surface area contributed by atoms with Crippen molar-refractivity contribution in [3.8, 4) is 23.7 Å². The van der Waals surface area contributed by atoms with Crippen LogP contribution in [0.15, 0.2) is 24.4 Å². The summed E-state index contributed by atoms with van der Waals surface area (Å²) in [7, 11) is 0. The molecule has 38 heavy (non-hydrogen) atoms. The Hall–Kier alpha value is -3.79. The molecule has 4 aliphatic rings. The second-order valence-electron chi connectivity index (χ2n) is 10.4. The van der Waals surface area contributed by atoms with Crippen molar-refractivity contribution in [1.29, 1.82) is 5.26 Å².